The third-order valence-electron chi connectivity index (χ3n) is 3.15. The predicted octanol–water partition coefficient (Wildman–Crippen LogP) is 3.49. The summed E-state index contributed by atoms with van der Waals surface area (Å²) >= 11 is 0. The number of aliphatic imine (C=N–C) groups is 1. The van der Waals surface area contributed by atoms with E-state index in [1.54, 1.807) is 0 Å². The van der Waals surface area contributed by atoms with Crippen LogP contribution in [-0.2, 0) is 0 Å². The molecule has 1 rings (SSSR count). The van der Waals surface area contributed by atoms with Gasteiger partial charge >= 0.3 is 0 Å². The monoisotopic (exact) mass is 222 g/mol. The lowest BCUT2D eigenvalue weighted by Gasteiger charge is -2.17. The molecular formula is C14H26N2. The minimum Gasteiger partial charge on any atom is -0.300 e. The molecule has 1 aliphatic heterocycles. The fourth-order valence-electron chi connectivity index (χ4n) is 2.16. The molecule has 0 aromatic rings. The van der Waals surface area contributed by atoms with Gasteiger partial charge in [0.15, 0.2) is 0 Å². The van der Waals surface area contributed by atoms with Crippen LogP contribution in [0.5, 0.6) is 0 Å². The lowest BCUT2D eigenvalue weighted by Crippen LogP contribution is -2.25. The van der Waals surface area contributed by atoms with Gasteiger partial charge in [0.2, 0.25) is 0 Å². The van der Waals surface area contributed by atoms with Crippen molar-refractivity contribution in [1.29, 1.82) is 0 Å². The Bertz CT molecular complexity index is 262. The summed E-state index contributed by atoms with van der Waals surface area (Å²) < 4.78 is 0. The minimum atomic E-state index is 0.908. The molecule has 16 heavy (non-hydrogen) atoms. The van der Waals surface area contributed by atoms with Crippen LogP contribution in [0.2, 0.25) is 0 Å². The SMILES string of the molecule is CC(C)=N/C(C)=C\CN1CCCC(C)CC1. The van der Waals surface area contributed by atoms with Crippen molar-refractivity contribution < 1.29 is 0 Å². The van der Waals surface area contributed by atoms with Gasteiger partial charge in [-0.2, -0.15) is 0 Å². The fourth-order valence-corrected chi connectivity index (χ4v) is 2.16. The summed E-state index contributed by atoms with van der Waals surface area (Å²) in [7, 11) is 0. The summed E-state index contributed by atoms with van der Waals surface area (Å²) in [5.41, 5.74) is 2.29. The molecule has 0 aromatic carbocycles. The van der Waals surface area contributed by atoms with Crippen LogP contribution in [0.4, 0.5) is 0 Å². The van der Waals surface area contributed by atoms with Crippen LogP contribution in [0.1, 0.15) is 47.0 Å². The molecule has 0 amide bonds. The van der Waals surface area contributed by atoms with Crippen LogP contribution in [0.3, 0.4) is 0 Å². The van der Waals surface area contributed by atoms with Crippen molar-refractivity contribution in [1.82, 2.24) is 4.90 Å². The predicted molar refractivity (Wildman–Crippen MR) is 72.0 cm³/mol. The topological polar surface area (TPSA) is 15.6 Å². The number of hydrogen-bond acceptors (Lipinski definition) is 2. The van der Waals surface area contributed by atoms with Gasteiger partial charge in [-0.25, -0.2) is 0 Å². The van der Waals surface area contributed by atoms with Crippen molar-refractivity contribution in [2.75, 3.05) is 19.6 Å². The molecule has 0 bridgehead atoms. The lowest BCUT2D eigenvalue weighted by atomic mass is 10.0. The molecular weight excluding hydrogens is 196 g/mol. The van der Waals surface area contributed by atoms with Crippen LogP contribution in [0, 0.1) is 5.92 Å². The molecule has 0 saturated carbocycles. The van der Waals surface area contributed by atoms with Gasteiger partial charge in [0, 0.05) is 18.0 Å². The Morgan fingerprint density at radius 3 is 2.69 bits per heavy atom. The van der Waals surface area contributed by atoms with Gasteiger partial charge in [-0.1, -0.05) is 6.92 Å². The largest absolute Gasteiger partial charge is 0.300 e. The van der Waals surface area contributed by atoms with Crippen LogP contribution in [-0.4, -0.2) is 30.2 Å². The molecule has 0 spiro atoms. The van der Waals surface area contributed by atoms with E-state index in [0.717, 1.165) is 23.9 Å². The molecule has 1 atom stereocenters. The number of rotatable bonds is 3. The van der Waals surface area contributed by atoms with E-state index in [2.05, 4.69) is 29.8 Å². The Balaban J connectivity index is 2.39. The van der Waals surface area contributed by atoms with Gasteiger partial charge in [-0.3, -0.25) is 9.89 Å². The fraction of sp³-hybridized carbons (Fsp3) is 0.786. The van der Waals surface area contributed by atoms with Gasteiger partial charge in [-0.05, 0) is 65.1 Å². The summed E-state index contributed by atoms with van der Waals surface area (Å²) in [6, 6.07) is 0. The second-order valence-electron chi connectivity index (χ2n) is 5.24. The summed E-state index contributed by atoms with van der Waals surface area (Å²) in [6.45, 7) is 12.1. The van der Waals surface area contributed by atoms with E-state index >= 15 is 0 Å². The summed E-state index contributed by atoms with van der Waals surface area (Å²) in [5.74, 6) is 0.908. The van der Waals surface area contributed by atoms with Gasteiger partial charge in [0.05, 0.1) is 0 Å². The van der Waals surface area contributed by atoms with Crippen molar-refractivity contribution in [3.8, 4) is 0 Å². The zero-order valence-electron chi connectivity index (χ0n) is 11.3. The molecule has 2 heteroatoms. The van der Waals surface area contributed by atoms with Gasteiger partial charge in [0.1, 0.15) is 0 Å². The normalized spacial score (nSPS) is 24.0. The van der Waals surface area contributed by atoms with Crippen LogP contribution < -0.4 is 0 Å². The van der Waals surface area contributed by atoms with E-state index in [9.17, 15) is 0 Å². The third kappa shape index (κ3) is 5.45. The first-order chi connectivity index (χ1) is 7.58. The summed E-state index contributed by atoms with van der Waals surface area (Å²) in [4.78, 5) is 7.00. The van der Waals surface area contributed by atoms with E-state index < -0.39 is 0 Å². The molecule has 0 radical (unpaired) electrons. The molecule has 1 heterocycles. The first-order valence-corrected chi connectivity index (χ1v) is 6.49. The number of likely N-dealkylation sites (tertiary alicyclic amines) is 1. The summed E-state index contributed by atoms with van der Waals surface area (Å²) in [6.07, 6.45) is 6.35. The maximum Gasteiger partial charge on any atom is 0.0344 e. The second-order valence-corrected chi connectivity index (χ2v) is 5.24. The molecule has 0 N–H and O–H groups in total. The minimum absolute atomic E-state index is 0.908. The van der Waals surface area contributed by atoms with Crippen molar-refractivity contribution >= 4 is 5.71 Å². The Labute approximate surface area is 100 Å². The number of hydrogen-bond donors (Lipinski definition) is 0. The van der Waals surface area contributed by atoms with Crippen LogP contribution in [0.15, 0.2) is 16.8 Å². The first-order valence-electron chi connectivity index (χ1n) is 6.49. The highest BCUT2D eigenvalue weighted by Crippen LogP contribution is 2.16. The maximum absolute atomic E-state index is 4.45. The molecule has 1 unspecified atom stereocenters. The van der Waals surface area contributed by atoms with E-state index in [4.69, 9.17) is 0 Å². The highest BCUT2D eigenvalue weighted by Gasteiger charge is 2.12. The Morgan fingerprint density at radius 1 is 1.25 bits per heavy atom. The first kappa shape index (κ1) is 13.4. The highest BCUT2D eigenvalue weighted by atomic mass is 15.1. The highest BCUT2D eigenvalue weighted by molar-refractivity contribution is 5.80. The van der Waals surface area contributed by atoms with E-state index in [0.29, 0.717) is 0 Å². The standard InChI is InChI=1S/C14H26N2/c1-12(2)15-14(4)8-11-16-9-5-6-13(3)7-10-16/h8,13H,5-7,9-11H2,1-4H3/b14-8-. The van der Waals surface area contributed by atoms with Crippen LogP contribution in [0.25, 0.3) is 0 Å². The summed E-state index contributed by atoms with van der Waals surface area (Å²) in [5, 5.41) is 0. The zero-order chi connectivity index (χ0) is 12.0. The third-order valence-corrected chi connectivity index (χ3v) is 3.15. The van der Waals surface area contributed by atoms with Crippen LogP contribution >= 0.6 is 0 Å². The molecule has 1 aliphatic rings. The zero-order valence-corrected chi connectivity index (χ0v) is 11.3. The van der Waals surface area contributed by atoms with E-state index in [1.807, 2.05) is 13.8 Å². The molecule has 0 aromatic heterocycles. The molecule has 1 fully saturated rings. The molecule has 1 saturated heterocycles. The van der Waals surface area contributed by atoms with E-state index in [-0.39, 0.29) is 0 Å². The molecule has 92 valence electrons. The van der Waals surface area contributed by atoms with Crippen molar-refractivity contribution in [3.63, 3.8) is 0 Å². The second kappa shape index (κ2) is 6.85. The van der Waals surface area contributed by atoms with Gasteiger partial charge < -0.3 is 0 Å². The van der Waals surface area contributed by atoms with Gasteiger partial charge in [-0.15, -0.1) is 0 Å². The maximum atomic E-state index is 4.45. The average molecular weight is 222 g/mol. The Morgan fingerprint density at radius 2 is 2.00 bits per heavy atom. The Hall–Kier alpha value is -0.630. The van der Waals surface area contributed by atoms with Crippen molar-refractivity contribution in [2.45, 2.75) is 47.0 Å². The lowest BCUT2D eigenvalue weighted by molar-refractivity contribution is 0.311. The molecule has 0 aliphatic carbocycles. The van der Waals surface area contributed by atoms with Gasteiger partial charge in [0.25, 0.3) is 0 Å². The number of nitrogens with zero attached hydrogens (tertiary/aromatic N) is 2. The number of allylic oxidation sites excluding steroid dienone is 1. The quantitative estimate of drug-likeness (QED) is 0.667. The average Bonchev–Trinajstić information content (AvgIpc) is 2.39. The van der Waals surface area contributed by atoms with E-state index in [1.165, 1.54) is 32.4 Å². The van der Waals surface area contributed by atoms with Crippen molar-refractivity contribution in [3.05, 3.63) is 11.8 Å². The smallest absolute Gasteiger partial charge is 0.0344 e. The molecule has 2 nitrogen and oxygen atoms in total. The Kier molecular flexibility index (Phi) is 5.75. The van der Waals surface area contributed by atoms with Crippen molar-refractivity contribution in [2.24, 2.45) is 10.9 Å².